The highest BCUT2D eigenvalue weighted by atomic mass is 16.3. The summed E-state index contributed by atoms with van der Waals surface area (Å²) in [6.07, 6.45) is 2.18. The fourth-order valence-corrected chi connectivity index (χ4v) is 9.10. The van der Waals surface area contributed by atoms with Crippen LogP contribution < -0.4 is 44.2 Å². The van der Waals surface area contributed by atoms with E-state index in [1.165, 1.54) is 70.1 Å². The number of Topliss-reactive ketones (excluding diaryl/α,β-unsaturated/α-hetero) is 5. The molecular weight excluding hydrogens is 1080 g/mol. The van der Waals surface area contributed by atoms with Gasteiger partial charge in [0.25, 0.3) is 0 Å². The molecule has 12 atom stereocenters. The molecule has 6 amide bonds. The summed E-state index contributed by atoms with van der Waals surface area (Å²) in [6, 6.07) is 0.0135. The third-order valence-electron chi connectivity index (χ3n) is 14.5. The van der Waals surface area contributed by atoms with Crippen LogP contribution in [0.4, 0.5) is 0 Å². The summed E-state index contributed by atoms with van der Waals surface area (Å²) in [4.78, 5) is 166. The number of guanidine groups is 1. The van der Waals surface area contributed by atoms with Gasteiger partial charge in [-0.05, 0) is 49.8 Å². The number of nitrogens with one attached hydrogen (secondary N) is 6. The number of carbonyl (C=O) groups excluding carboxylic acids is 11. The number of benzene rings is 1. The summed E-state index contributed by atoms with van der Waals surface area (Å²) >= 11 is 0. The first-order valence-electron chi connectivity index (χ1n) is 27.6. The number of nitrogens with zero attached hydrogens (tertiary/aromatic N) is 3. The highest BCUT2D eigenvalue weighted by Gasteiger charge is 2.37. The summed E-state index contributed by atoms with van der Waals surface area (Å²) in [5.41, 5.74) is 23.4. The molecule has 0 bridgehead atoms. The van der Waals surface area contributed by atoms with Crippen LogP contribution in [0.15, 0.2) is 54.3 Å². The highest BCUT2D eigenvalue weighted by molar-refractivity contribution is 5.99. The molecular formula is C56H83N13O14. The standard InChI is InChI=1S/C56H83N13O14/c1-7-29(2)49(47(77)19-35(51(58)79)18-38-24-61-27-64-38)68-54(82)36(17-34-10-12-40(72)13-11-34)20-44(74)42(23-48(57)78)67-53(81)32(5)16-46(76)50(33(6)71)69-55(83)37(26-70)21-45(75)41(22-39-25-62-28-65-39)66-52(80)31(4)15-43(73)30(3)9-8-14-63-56(59)60/h10-13,24-25,27-33,35-37,41-42,49-50,70-72H,7-9,14-23,26H2,1-6H3,(H2,57,78)(H2,58,79)(H,61,64)(H,62,65)(H,66,80)(H,67,81)(H,68,82)(H,69,83)(H4,59,60,63)/t29-,30-,31+,32+,33+,35+,36+,37-,41-,42-,49-,50-/m0/s1. The zero-order chi connectivity index (χ0) is 62.1. The second-order valence-electron chi connectivity index (χ2n) is 21.5. The number of phenols is 1. The quantitative estimate of drug-likeness (QED) is 0.0188. The van der Waals surface area contributed by atoms with Gasteiger partial charge >= 0.3 is 0 Å². The Bertz CT molecular complexity index is 2690. The fourth-order valence-electron chi connectivity index (χ4n) is 9.10. The molecule has 27 nitrogen and oxygen atoms in total. The molecule has 17 N–H and O–H groups in total. The Hall–Kier alpha value is -8.20. The van der Waals surface area contributed by atoms with Crippen LogP contribution in [0.1, 0.15) is 116 Å². The van der Waals surface area contributed by atoms with Crippen molar-refractivity contribution in [1.29, 1.82) is 0 Å². The molecule has 3 rings (SSSR count). The van der Waals surface area contributed by atoms with Gasteiger partial charge in [0.2, 0.25) is 35.4 Å². The molecule has 0 fully saturated rings. The molecule has 0 saturated carbocycles. The lowest BCUT2D eigenvalue weighted by molar-refractivity contribution is -0.138. The summed E-state index contributed by atoms with van der Waals surface area (Å²) < 4.78 is 0. The number of hydrogen-bond acceptors (Lipinski definition) is 17. The maximum Gasteiger partial charge on any atom is 0.226 e. The first-order valence-corrected chi connectivity index (χ1v) is 27.6. The minimum absolute atomic E-state index is 0.0715. The smallest absolute Gasteiger partial charge is 0.226 e. The SMILES string of the molecule is CC[C@H](C)[C@H](NC(=O)[C@@H](CC(=O)[C@H](CC(N)=O)NC(=O)[C@H](C)CC(=O)[C@@H](NC(=O)[C@H](CO)CC(=O)[C@H](Cc1cnc[nH]1)NC(=O)[C@H](C)CC(=O)[C@@H](C)CCCN=C(N)N)[C@@H](C)O)Cc1ccc(O)cc1)C(=O)C[C@@H](Cc1cnc[nH]1)C(N)=O. The minimum atomic E-state index is -1.69. The van der Waals surface area contributed by atoms with E-state index < -0.39 is 163 Å². The third-order valence-corrected chi connectivity index (χ3v) is 14.5. The Morgan fingerprint density at radius 3 is 1.60 bits per heavy atom. The Labute approximate surface area is 481 Å². The number of amides is 6. The van der Waals surface area contributed by atoms with Crippen molar-refractivity contribution in [2.45, 2.75) is 149 Å². The van der Waals surface area contributed by atoms with E-state index in [-0.39, 0.29) is 49.6 Å². The summed E-state index contributed by atoms with van der Waals surface area (Å²) in [7, 11) is 0. The number of aromatic amines is 2. The van der Waals surface area contributed by atoms with Crippen LogP contribution in [0.25, 0.3) is 0 Å². The number of aliphatic hydroxyl groups excluding tert-OH is 2. The molecule has 0 aliphatic rings. The number of aliphatic imine (C=N–C) groups is 1. The van der Waals surface area contributed by atoms with Crippen molar-refractivity contribution in [1.82, 2.24) is 41.2 Å². The maximum absolute atomic E-state index is 14.3. The first kappa shape index (κ1) is 69.1. The Kier molecular flexibility index (Phi) is 28.5. The summed E-state index contributed by atoms with van der Waals surface area (Å²) in [5, 5.41) is 41.2. The largest absolute Gasteiger partial charge is 0.508 e. The molecule has 0 aliphatic heterocycles. The van der Waals surface area contributed by atoms with Gasteiger partial charge in [0.05, 0.1) is 61.7 Å². The van der Waals surface area contributed by atoms with Gasteiger partial charge in [-0.2, -0.15) is 0 Å². The van der Waals surface area contributed by atoms with Crippen molar-refractivity contribution in [3.63, 3.8) is 0 Å². The topological polar surface area (TPSA) is 470 Å². The van der Waals surface area contributed by atoms with Crippen LogP contribution in [-0.2, 0) is 72.0 Å². The lowest BCUT2D eigenvalue weighted by Gasteiger charge is -2.28. The van der Waals surface area contributed by atoms with Crippen LogP contribution in [-0.4, -0.2) is 149 Å². The Morgan fingerprint density at radius 1 is 0.578 bits per heavy atom. The lowest BCUT2D eigenvalue weighted by Crippen LogP contribution is -2.52. The van der Waals surface area contributed by atoms with Gasteiger partial charge in [-0.1, -0.05) is 53.2 Å². The summed E-state index contributed by atoms with van der Waals surface area (Å²) in [5.74, 6) is -15.1. The molecule has 83 heavy (non-hydrogen) atoms. The number of aliphatic hydroxyl groups is 2. The number of rotatable bonds is 40. The van der Waals surface area contributed by atoms with Crippen molar-refractivity contribution < 1.29 is 68.1 Å². The number of hydrogen-bond donors (Lipinski definition) is 13. The van der Waals surface area contributed by atoms with E-state index in [1.807, 2.05) is 0 Å². The number of aromatic hydroxyl groups is 1. The minimum Gasteiger partial charge on any atom is -0.508 e. The van der Waals surface area contributed by atoms with Gasteiger partial charge in [-0.3, -0.25) is 57.7 Å². The third kappa shape index (κ3) is 23.7. The number of imidazole rings is 2. The van der Waals surface area contributed by atoms with Gasteiger partial charge in [-0.15, -0.1) is 0 Å². The van der Waals surface area contributed by atoms with Crippen LogP contribution in [0.5, 0.6) is 5.75 Å². The predicted molar refractivity (Wildman–Crippen MR) is 301 cm³/mol. The monoisotopic (exact) mass is 1160 g/mol. The van der Waals surface area contributed by atoms with E-state index in [1.54, 1.807) is 20.8 Å². The molecule has 2 aromatic heterocycles. The normalized spacial score (nSPS) is 15.6. The molecule has 0 saturated heterocycles. The molecule has 3 aromatic rings. The van der Waals surface area contributed by atoms with E-state index in [9.17, 15) is 68.1 Å². The molecule has 456 valence electrons. The van der Waals surface area contributed by atoms with E-state index in [0.29, 0.717) is 42.8 Å². The predicted octanol–water partition coefficient (Wildman–Crippen LogP) is -0.808. The van der Waals surface area contributed by atoms with E-state index in [0.717, 1.165) is 0 Å². The van der Waals surface area contributed by atoms with Crippen LogP contribution in [0.2, 0.25) is 0 Å². The average molecular weight is 1160 g/mol. The highest BCUT2D eigenvalue weighted by Crippen LogP contribution is 2.23. The molecule has 27 heteroatoms. The molecule has 0 radical (unpaired) electrons. The zero-order valence-electron chi connectivity index (χ0n) is 47.9. The van der Waals surface area contributed by atoms with E-state index >= 15 is 0 Å². The molecule has 1 aromatic carbocycles. The maximum atomic E-state index is 14.3. The number of ketones is 5. The van der Waals surface area contributed by atoms with Gasteiger partial charge in [0.1, 0.15) is 17.6 Å². The number of carbonyl (C=O) groups is 11. The Balaban J connectivity index is 1.75. The number of primary amides is 2. The zero-order valence-corrected chi connectivity index (χ0v) is 47.9. The van der Waals surface area contributed by atoms with E-state index in [2.05, 4.69) is 46.2 Å². The van der Waals surface area contributed by atoms with Gasteiger partial charge in [0.15, 0.2) is 29.1 Å². The number of H-pyrrole nitrogens is 2. The van der Waals surface area contributed by atoms with Crippen LogP contribution in [0.3, 0.4) is 0 Å². The second-order valence-corrected chi connectivity index (χ2v) is 21.5. The van der Waals surface area contributed by atoms with Crippen molar-refractivity contribution in [2.75, 3.05) is 13.2 Å². The van der Waals surface area contributed by atoms with E-state index in [4.69, 9.17) is 22.9 Å². The van der Waals surface area contributed by atoms with Crippen molar-refractivity contribution >= 4 is 70.3 Å². The first-order chi connectivity index (χ1) is 39.1. The molecule has 2 heterocycles. The van der Waals surface area contributed by atoms with Gasteiger partial charge < -0.3 is 69.5 Å². The fraction of sp³-hybridized carbons (Fsp3) is 0.571. The second kappa shape index (κ2) is 34.3. The summed E-state index contributed by atoms with van der Waals surface area (Å²) in [6.45, 7) is 8.63. The number of phenolic OH excluding ortho intramolecular Hbond substituents is 1. The van der Waals surface area contributed by atoms with Crippen LogP contribution >= 0.6 is 0 Å². The van der Waals surface area contributed by atoms with Crippen molar-refractivity contribution in [3.8, 4) is 5.75 Å². The van der Waals surface area contributed by atoms with Crippen molar-refractivity contribution in [3.05, 3.63) is 66.3 Å². The van der Waals surface area contributed by atoms with Gasteiger partial charge in [0, 0.05) is 98.9 Å². The molecule has 0 spiro atoms. The Morgan fingerprint density at radius 2 is 1.08 bits per heavy atom. The van der Waals surface area contributed by atoms with Crippen molar-refractivity contribution in [2.24, 2.45) is 69.4 Å². The number of aromatic nitrogens is 4. The van der Waals surface area contributed by atoms with Gasteiger partial charge in [-0.25, -0.2) is 9.97 Å². The number of nitrogens with two attached hydrogens (primary N) is 4. The molecule has 0 unspecified atom stereocenters. The van der Waals surface area contributed by atoms with Crippen LogP contribution in [0, 0.1) is 41.4 Å². The molecule has 0 aliphatic carbocycles. The average Bonchev–Trinajstić information content (AvgIpc) is 4.21. The lowest BCUT2D eigenvalue weighted by atomic mass is 9.86.